The van der Waals surface area contributed by atoms with E-state index in [0.717, 1.165) is 0 Å². The van der Waals surface area contributed by atoms with E-state index in [1.54, 1.807) is 27.7 Å². The summed E-state index contributed by atoms with van der Waals surface area (Å²) in [7, 11) is -3.88. The maximum Gasteiger partial charge on any atom is 0.243 e. The molecule has 1 rings (SSSR count). The molecule has 0 fully saturated rings. The van der Waals surface area contributed by atoms with Crippen LogP contribution in [-0.2, 0) is 19.6 Å². The maximum absolute atomic E-state index is 12.0. The predicted molar refractivity (Wildman–Crippen MR) is 91.7 cm³/mol. The number of hydrogen-bond acceptors (Lipinski definition) is 5. The first-order valence-electron chi connectivity index (χ1n) is 7.40. The molecule has 0 aliphatic rings. The van der Waals surface area contributed by atoms with Crippen LogP contribution in [-0.4, -0.2) is 32.8 Å². The molecular weight excluding hydrogens is 332 g/mol. The van der Waals surface area contributed by atoms with Gasteiger partial charge in [0.2, 0.25) is 21.8 Å². The first-order valence-corrected chi connectivity index (χ1v) is 8.95. The van der Waals surface area contributed by atoms with Crippen LogP contribution in [0.15, 0.2) is 17.0 Å². The second-order valence-electron chi connectivity index (χ2n) is 5.99. The quantitative estimate of drug-likeness (QED) is 0.566. The number of primary sulfonamides is 1. The van der Waals surface area contributed by atoms with Crippen LogP contribution in [0.5, 0.6) is 0 Å². The third kappa shape index (κ3) is 5.29. The molecule has 134 valence electrons. The van der Waals surface area contributed by atoms with Gasteiger partial charge in [-0.2, -0.15) is 0 Å². The van der Waals surface area contributed by atoms with Gasteiger partial charge in [-0.3, -0.25) is 9.59 Å². The van der Waals surface area contributed by atoms with Gasteiger partial charge >= 0.3 is 0 Å². The molecule has 6 N–H and O–H groups in total. The van der Waals surface area contributed by atoms with Crippen molar-refractivity contribution >= 4 is 27.5 Å². The molecule has 0 aliphatic carbocycles. The number of carbonyl (C=O) groups is 2. The minimum Gasteiger partial charge on any atom is -0.346 e. The van der Waals surface area contributed by atoms with E-state index in [4.69, 9.17) is 10.9 Å². The molecule has 0 unspecified atom stereocenters. The number of carbonyl (C=O) groups excluding carboxylic acids is 2. The Balaban J connectivity index is 2.84. The lowest BCUT2D eigenvalue weighted by Crippen LogP contribution is -2.46. The summed E-state index contributed by atoms with van der Waals surface area (Å²) in [6.45, 7) is 6.79. The third-order valence-corrected chi connectivity index (χ3v) is 4.58. The van der Waals surface area contributed by atoms with Crippen molar-refractivity contribution in [2.45, 2.75) is 38.6 Å². The summed E-state index contributed by atoms with van der Waals surface area (Å²) in [6, 6.07) is 2.02. The summed E-state index contributed by atoms with van der Waals surface area (Å²) in [4.78, 5) is 23.6. The monoisotopic (exact) mass is 356 g/mol. The van der Waals surface area contributed by atoms with Gasteiger partial charge in [-0.25, -0.2) is 13.6 Å². The minimum absolute atomic E-state index is 0.0515. The Bertz CT molecular complexity index is 744. The van der Waals surface area contributed by atoms with Gasteiger partial charge in [0.25, 0.3) is 0 Å². The van der Waals surface area contributed by atoms with Crippen molar-refractivity contribution in [2.75, 3.05) is 11.9 Å². The van der Waals surface area contributed by atoms with E-state index in [1.807, 2.05) is 0 Å². The first kappa shape index (κ1) is 20.1. The minimum atomic E-state index is -3.88. The summed E-state index contributed by atoms with van der Waals surface area (Å²) in [5.74, 6) is -0.968. The van der Waals surface area contributed by atoms with Gasteiger partial charge in [0.15, 0.2) is 0 Å². The first-order chi connectivity index (χ1) is 10.9. The summed E-state index contributed by atoms with van der Waals surface area (Å²) in [5.41, 5.74) is 7.39. The third-order valence-electron chi connectivity index (χ3n) is 3.69. The van der Waals surface area contributed by atoms with E-state index in [1.165, 1.54) is 12.1 Å². The average molecular weight is 356 g/mol. The number of amides is 2. The maximum atomic E-state index is 12.0. The molecule has 0 bridgehead atoms. The number of nitrogens with two attached hydrogens (primary N) is 2. The summed E-state index contributed by atoms with van der Waals surface area (Å²) in [5, 5.41) is 10.1. The molecule has 0 saturated carbocycles. The van der Waals surface area contributed by atoms with Gasteiger partial charge in [0, 0.05) is 5.69 Å². The van der Waals surface area contributed by atoms with Crippen LogP contribution in [0.3, 0.4) is 0 Å². The van der Waals surface area contributed by atoms with Crippen molar-refractivity contribution < 1.29 is 18.0 Å². The zero-order chi connectivity index (χ0) is 18.7. The van der Waals surface area contributed by atoms with Crippen LogP contribution in [0, 0.1) is 19.8 Å². The number of hydrogen-bond donors (Lipinski definition) is 4. The smallest absolute Gasteiger partial charge is 0.243 e. The molecule has 24 heavy (non-hydrogen) atoms. The molecule has 0 saturated heterocycles. The standard InChI is InChI=1S/C15H24N4O4S/c1-8(2)14(16)15(21)18-7-13(20)19-12-6-11(24(17,22)23)5-9(3)10(12)4/h5-6,8,14H,7,16H2,1-4H3,(H,18,21)(H,19,20)(H2,17,22,23)/t14-/m0/s1. The van der Waals surface area contributed by atoms with Crippen LogP contribution < -0.4 is 21.5 Å². The molecule has 8 nitrogen and oxygen atoms in total. The van der Waals surface area contributed by atoms with Crippen molar-refractivity contribution in [3.8, 4) is 0 Å². The van der Waals surface area contributed by atoms with Crippen molar-refractivity contribution in [1.29, 1.82) is 0 Å². The Morgan fingerprint density at radius 2 is 1.79 bits per heavy atom. The van der Waals surface area contributed by atoms with Gasteiger partial charge in [0.1, 0.15) is 0 Å². The highest BCUT2D eigenvalue weighted by molar-refractivity contribution is 7.89. The van der Waals surface area contributed by atoms with E-state index in [-0.39, 0.29) is 17.4 Å². The van der Waals surface area contributed by atoms with Crippen molar-refractivity contribution in [3.63, 3.8) is 0 Å². The highest BCUT2D eigenvalue weighted by Gasteiger charge is 2.18. The van der Waals surface area contributed by atoms with E-state index < -0.39 is 27.9 Å². The molecule has 1 aromatic carbocycles. The predicted octanol–water partition coefficient (Wildman–Crippen LogP) is -0.0112. The van der Waals surface area contributed by atoms with Gasteiger partial charge in [-0.05, 0) is 43.0 Å². The second kappa shape index (κ2) is 7.73. The molecule has 0 heterocycles. The van der Waals surface area contributed by atoms with E-state index >= 15 is 0 Å². The number of rotatable bonds is 6. The Labute approximate surface area is 142 Å². The lowest BCUT2D eigenvalue weighted by Gasteiger charge is -2.16. The average Bonchev–Trinajstić information content (AvgIpc) is 2.47. The molecular formula is C15H24N4O4S. The Hall–Kier alpha value is -1.97. The van der Waals surface area contributed by atoms with Crippen molar-refractivity contribution in [1.82, 2.24) is 5.32 Å². The number of anilines is 1. The van der Waals surface area contributed by atoms with E-state index in [2.05, 4.69) is 10.6 Å². The molecule has 0 radical (unpaired) electrons. The molecule has 0 spiro atoms. The van der Waals surface area contributed by atoms with Crippen LogP contribution in [0.4, 0.5) is 5.69 Å². The molecule has 0 aromatic heterocycles. The number of nitrogens with one attached hydrogen (secondary N) is 2. The van der Waals surface area contributed by atoms with Crippen LogP contribution in [0.25, 0.3) is 0 Å². The largest absolute Gasteiger partial charge is 0.346 e. The lowest BCUT2D eigenvalue weighted by atomic mass is 10.1. The molecule has 2 amide bonds. The molecule has 0 aliphatic heterocycles. The topological polar surface area (TPSA) is 144 Å². The number of aryl methyl sites for hydroxylation is 1. The normalized spacial score (nSPS) is 12.8. The Kier molecular flexibility index (Phi) is 6.47. The Morgan fingerprint density at radius 1 is 1.21 bits per heavy atom. The number of sulfonamides is 1. The highest BCUT2D eigenvalue weighted by atomic mass is 32.2. The van der Waals surface area contributed by atoms with Gasteiger partial charge in [-0.1, -0.05) is 13.8 Å². The molecule has 9 heteroatoms. The summed E-state index contributed by atoms with van der Waals surface area (Å²) < 4.78 is 23.0. The van der Waals surface area contributed by atoms with Crippen LogP contribution >= 0.6 is 0 Å². The molecule has 1 aromatic rings. The second-order valence-corrected chi connectivity index (χ2v) is 7.55. The summed E-state index contributed by atoms with van der Waals surface area (Å²) in [6.07, 6.45) is 0. The zero-order valence-corrected chi connectivity index (χ0v) is 15.0. The molecule has 1 atom stereocenters. The SMILES string of the molecule is Cc1cc(S(N)(=O)=O)cc(NC(=O)CNC(=O)[C@@H](N)C(C)C)c1C. The summed E-state index contributed by atoms with van der Waals surface area (Å²) >= 11 is 0. The van der Waals surface area contributed by atoms with Gasteiger partial charge in [-0.15, -0.1) is 0 Å². The zero-order valence-electron chi connectivity index (χ0n) is 14.2. The van der Waals surface area contributed by atoms with E-state index in [9.17, 15) is 18.0 Å². The number of benzene rings is 1. The van der Waals surface area contributed by atoms with Crippen molar-refractivity contribution in [2.24, 2.45) is 16.8 Å². The van der Waals surface area contributed by atoms with Crippen LogP contribution in [0.2, 0.25) is 0 Å². The highest BCUT2D eigenvalue weighted by Crippen LogP contribution is 2.23. The van der Waals surface area contributed by atoms with Crippen LogP contribution in [0.1, 0.15) is 25.0 Å². The Morgan fingerprint density at radius 3 is 2.29 bits per heavy atom. The van der Waals surface area contributed by atoms with E-state index in [0.29, 0.717) is 16.8 Å². The lowest BCUT2D eigenvalue weighted by molar-refractivity contribution is -0.125. The fourth-order valence-electron chi connectivity index (χ4n) is 1.90. The van der Waals surface area contributed by atoms with Gasteiger partial charge in [0.05, 0.1) is 17.5 Å². The van der Waals surface area contributed by atoms with Gasteiger partial charge < -0.3 is 16.4 Å². The van der Waals surface area contributed by atoms with Crippen molar-refractivity contribution in [3.05, 3.63) is 23.3 Å². The fraction of sp³-hybridized carbons (Fsp3) is 0.467. The fourth-order valence-corrected chi connectivity index (χ4v) is 2.53.